The van der Waals surface area contributed by atoms with Gasteiger partial charge in [0, 0.05) is 6.04 Å². The number of nitrogens with one attached hydrogen (secondary N) is 1. The molecule has 0 aliphatic carbocycles. The largest absolute Gasteiger partial charge is 0.374 e. The fourth-order valence-corrected chi connectivity index (χ4v) is 2.03. The van der Waals surface area contributed by atoms with E-state index in [0.29, 0.717) is 25.9 Å². The molecule has 0 aromatic heterocycles. The second kappa shape index (κ2) is 9.19. The Bertz CT molecular complexity index is 396. The van der Waals surface area contributed by atoms with Crippen LogP contribution in [0, 0.1) is 0 Å². The first-order chi connectivity index (χ1) is 9.88. The molecule has 3 nitrogen and oxygen atoms in total. The van der Waals surface area contributed by atoms with Crippen LogP contribution in [0.15, 0.2) is 24.3 Å². The molecule has 0 atom stereocenters. The molecule has 0 saturated heterocycles. The van der Waals surface area contributed by atoms with Gasteiger partial charge < -0.3 is 14.8 Å². The van der Waals surface area contributed by atoms with E-state index < -0.39 is 0 Å². The van der Waals surface area contributed by atoms with Crippen molar-refractivity contribution in [1.82, 2.24) is 5.32 Å². The SMILES string of the molecule is CC(C)NCCc1ccccc1COCCOC(C)(C)C. The molecule has 120 valence electrons. The van der Waals surface area contributed by atoms with Crippen molar-refractivity contribution >= 4 is 0 Å². The molecule has 0 bridgehead atoms. The van der Waals surface area contributed by atoms with E-state index in [2.05, 4.69) is 64.2 Å². The summed E-state index contributed by atoms with van der Waals surface area (Å²) in [4.78, 5) is 0. The van der Waals surface area contributed by atoms with Crippen molar-refractivity contribution in [1.29, 1.82) is 0 Å². The maximum atomic E-state index is 5.74. The van der Waals surface area contributed by atoms with Crippen molar-refractivity contribution in [2.45, 2.75) is 59.3 Å². The summed E-state index contributed by atoms with van der Waals surface area (Å²) in [6.07, 6.45) is 1.04. The number of ether oxygens (including phenoxy) is 2. The predicted molar refractivity (Wildman–Crippen MR) is 88.6 cm³/mol. The second-order valence-electron chi connectivity index (χ2n) is 6.64. The molecule has 1 aromatic carbocycles. The van der Waals surface area contributed by atoms with Crippen LogP contribution in [-0.4, -0.2) is 31.4 Å². The lowest BCUT2D eigenvalue weighted by molar-refractivity contribution is -0.0377. The number of rotatable bonds is 9. The van der Waals surface area contributed by atoms with E-state index in [-0.39, 0.29) is 5.60 Å². The average Bonchev–Trinajstić information content (AvgIpc) is 2.38. The van der Waals surface area contributed by atoms with Crippen LogP contribution < -0.4 is 5.32 Å². The standard InChI is InChI=1S/C18H31NO2/c1-15(2)19-11-10-16-8-6-7-9-17(16)14-20-12-13-21-18(3,4)5/h6-9,15,19H,10-14H2,1-5H3. The van der Waals surface area contributed by atoms with E-state index in [9.17, 15) is 0 Å². The van der Waals surface area contributed by atoms with Gasteiger partial charge in [0.15, 0.2) is 0 Å². The Labute approximate surface area is 130 Å². The summed E-state index contributed by atoms with van der Waals surface area (Å²) in [7, 11) is 0. The minimum Gasteiger partial charge on any atom is -0.374 e. The van der Waals surface area contributed by atoms with Crippen molar-refractivity contribution in [3.8, 4) is 0 Å². The Morgan fingerprint density at radius 2 is 1.71 bits per heavy atom. The van der Waals surface area contributed by atoms with Crippen molar-refractivity contribution in [3.63, 3.8) is 0 Å². The van der Waals surface area contributed by atoms with Crippen LogP contribution in [-0.2, 0) is 22.5 Å². The smallest absolute Gasteiger partial charge is 0.0720 e. The fourth-order valence-electron chi connectivity index (χ4n) is 2.03. The summed E-state index contributed by atoms with van der Waals surface area (Å²) in [6.45, 7) is 13.5. The maximum absolute atomic E-state index is 5.74. The Morgan fingerprint density at radius 1 is 1.05 bits per heavy atom. The predicted octanol–water partition coefficient (Wildman–Crippen LogP) is 3.56. The van der Waals surface area contributed by atoms with Gasteiger partial charge in [-0.2, -0.15) is 0 Å². The highest BCUT2D eigenvalue weighted by atomic mass is 16.5. The molecule has 1 N–H and O–H groups in total. The first kappa shape index (κ1) is 18.1. The molecule has 1 rings (SSSR count). The molecule has 0 heterocycles. The summed E-state index contributed by atoms with van der Waals surface area (Å²) in [6, 6.07) is 9.03. The topological polar surface area (TPSA) is 30.5 Å². The van der Waals surface area contributed by atoms with E-state index in [4.69, 9.17) is 9.47 Å². The van der Waals surface area contributed by atoms with Gasteiger partial charge in [-0.1, -0.05) is 38.1 Å². The molecule has 0 fully saturated rings. The van der Waals surface area contributed by atoms with Crippen molar-refractivity contribution < 1.29 is 9.47 Å². The van der Waals surface area contributed by atoms with Crippen LogP contribution in [0.4, 0.5) is 0 Å². The summed E-state index contributed by atoms with van der Waals surface area (Å²) >= 11 is 0. The zero-order chi connectivity index (χ0) is 15.7. The van der Waals surface area contributed by atoms with E-state index in [0.717, 1.165) is 13.0 Å². The second-order valence-corrected chi connectivity index (χ2v) is 6.64. The van der Waals surface area contributed by atoms with Crippen molar-refractivity contribution in [2.75, 3.05) is 19.8 Å². The van der Waals surface area contributed by atoms with Gasteiger partial charge >= 0.3 is 0 Å². The molecule has 21 heavy (non-hydrogen) atoms. The van der Waals surface area contributed by atoms with Crippen LogP contribution in [0.3, 0.4) is 0 Å². The van der Waals surface area contributed by atoms with Gasteiger partial charge in [0.2, 0.25) is 0 Å². The minimum atomic E-state index is -0.0935. The van der Waals surface area contributed by atoms with Crippen molar-refractivity contribution in [3.05, 3.63) is 35.4 Å². The Kier molecular flexibility index (Phi) is 7.94. The summed E-state index contributed by atoms with van der Waals surface area (Å²) in [5, 5.41) is 3.45. The van der Waals surface area contributed by atoms with Gasteiger partial charge in [0.25, 0.3) is 0 Å². The molecule has 0 spiro atoms. The van der Waals surface area contributed by atoms with Gasteiger partial charge in [-0.05, 0) is 44.9 Å². The van der Waals surface area contributed by atoms with Crippen LogP contribution >= 0.6 is 0 Å². The Balaban J connectivity index is 2.33. The van der Waals surface area contributed by atoms with E-state index >= 15 is 0 Å². The quantitative estimate of drug-likeness (QED) is 0.706. The lowest BCUT2D eigenvalue weighted by Gasteiger charge is -2.19. The van der Waals surface area contributed by atoms with Gasteiger partial charge in [-0.3, -0.25) is 0 Å². The third-order valence-electron chi connectivity index (χ3n) is 3.09. The average molecular weight is 293 g/mol. The highest BCUT2D eigenvalue weighted by molar-refractivity contribution is 5.26. The molecule has 0 amide bonds. The summed E-state index contributed by atoms with van der Waals surface area (Å²) in [5.41, 5.74) is 2.55. The monoisotopic (exact) mass is 293 g/mol. The van der Waals surface area contributed by atoms with Gasteiger partial charge in [-0.25, -0.2) is 0 Å². The molecule has 0 radical (unpaired) electrons. The first-order valence-electron chi connectivity index (χ1n) is 7.90. The maximum Gasteiger partial charge on any atom is 0.0720 e. The molecule has 0 aliphatic heterocycles. The summed E-state index contributed by atoms with van der Waals surface area (Å²) in [5.74, 6) is 0. The van der Waals surface area contributed by atoms with E-state index in [1.807, 2.05) is 0 Å². The normalized spacial score (nSPS) is 12.1. The van der Waals surface area contributed by atoms with Crippen LogP contribution in [0.1, 0.15) is 45.7 Å². The third kappa shape index (κ3) is 8.86. The lowest BCUT2D eigenvalue weighted by Crippen LogP contribution is -2.25. The van der Waals surface area contributed by atoms with Gasteiger partial charge in [-0.15, -0.1) is 0 Å². The highest BCUT2D eigenvalue weighted by Gasteiger charge is 2.09. The number of benzene rings is 1. The van der Waals surface area contributed by atoms with Gasteiger partial charge in [0.1, 0.15) is 0 Å². The van der Waals surface area contributed by atoms with Crippen LogP contribution in [0.5, 0.6) is 0 Å². The minimum absolute atomic E-state index is 0.0935. The zero-order valence-electron chi connectivity index (χ0n) is 14.2. The molecule has 0 unspecified atom stereocenters. The van der Waals surface area contributed by atoms with E-state index in [1.54, 1.807) is 0 Å². The molecule has 0 aliphatic rings. The Hall–Kier alpha value is -0.900. The first-order valence-corrected chi connectivity index (χ1v) is 7.90. The number of hydrogen-bond acceptors (Lipinski definition) is 3. The number of hydrogen-bond donors (Lipinski definition) is 1. The Morgan fingerprint density at radius 3 is 2.33 bits per heavy atom. The van der Waals surface area contributed by atoms with Crippen LogP contribution in [0.2, 0.25) is 0 Å². The lowest BCUT2D eigenvalue weighted by atomic mass is 10.1. The molecular weight excluding hydrogens is 262 g/mol. The van der Waals surface area contributed by atoms with E-state index in [1.165, 1.54) is 11.1 Å². The van der Waals surface area contributed by atoms with Crippen LogP contribution in [0.25, 0.3) is 0 Å². The molecular formula is C18H31NO2. The summed E-state index contributed by atoms with van der Waals surface area (Å²) < 4.78 is 11.4. The molecule has 1 aromatic rings. The zero-order valence-corrected chi connectivity index (χ0v) is 14.2. The van der Waals surface area contributed by atoms with Gasteiger partial charge in [0.05, 0.1) is 25.4 Å². The third-order valence-corrected chi connectivity index (χ3v) is 3.09. The fraction of sp³-hybridized carbons (Fsp3) is 0.667. The molecule has 0 saturated carbocycles. The van der Waals surface area contributed by atoms with Crippen molar-refractivity contribution in [2.24, 2.45) is 0 Å². The molecule has 3 heteroatoms. The highest BCUT2D eigenvalue weighted by Crippen LogP contribution is 2.11.